The highest BCUT2D eigenvalue weighted by atomic mass is 16.5. The van der Waals surface area contributed by atoms with E-state index in [2.05, 4.69) is 15.6 Å². The Morgan fingerprint density at radius 3 is 2.48 bits per heavy atom. The molecule has 29 heavy (non-hydrogen) atoms. The van der Waals surface area contributed by atoms with Crippen molar-refractivity contribution in [2.75, 3.05) is 40.8 Å². The van der Waals surface area contributed by atoms with Crippen LogP contribution in [0.1, 0.15) is 54.9 Å². The number of aliphatic imine (C=N–C) groups is 1. The molecule has 0 aromatic heterocycles. The highest BCUT2D eigenvalue weighted by Gasteiger charge is 2.08. The summed E-state index contributed by atoms with van der Waals surface area (Å²) in [6.07, 6.45) is 5.30. The largest absolute Gasteiger partial charge is 0.466 e. The van der Waals surface area contributed by atoms with Gasteiger partial charge in [-0.15, -0.1) is 0 Å². The molecule has 1 rings (SSSR count). The molecule has 0 aliphatic heterocycles. The molecule has 1 aromatic rings. The fourth-order valence-electron chi connectivity index (χ4n) is 2.85. The third-order valence-electron chi connectivity index (χ3n) is 4.42. The molecule has 0 saturated carbocycles. The molecule has 0 radical (unpaired) electrons. The molecule has 1 amide bonds. The van der Waals surface area contributed by atoms with Gasteiger partial charge in [0.1, 0.15) is 0 Å². The lowest BCUT2D eigenvalue weighted by Gasteiger charge is -2.13. The maximum Gasteiger partial charge on any atom is 0.305 e. The lowest BCUT2D eigenvalue weighted by molar-refractivity contribution is -0.143. The van der Waals surface area contributed by atoms with Crippen molar-refractivity contribution in [3.8, 4) is 0 Å². The predicted octanol–water partition coefficient (Wildman–Crippen LogP) is 2.61. The molecule has 0 aliphatic carbocycles. The Balaban J connectivity index is 2.21. The third-order valence-corrected chi connectivity index (χ3v) is 4.42. The SMILES string of the molecule is CCOC(=O)CCCCCCNC(=NC)NCCc1cccc(C(=O)N(C)C)c1. The van der Waals surface area contributed by atoms with Crippen LogP contribution >= 0.6 is 0 Å². The number of benzene rings is 1. The second kappa shape index (κ2) is 14.4. The summed E-state index contributed by atoms with van der Waals surface area (Å²) in [5.74, 6) is 0.684. The van der Waals surface area contributed by atoms with Gasteiger partial charge in [-0.2, -0.15) is 0 Å². The molecule has 0 aliphatic rings. The van der Waals surface area contributed by atoms with Gasteiger partial charge in [-0.25, -0.2) is 0 Å². The molecule has 7 heteroatoms. The predicted molar refractivity (Wildman–Crippen MR) is 117 cm³/mol. The van der Waals surface area contributed by atoms with Gasteiger partial charge >= 0.3 is 5.97 Å². The Hall–Kier alpha value is -2.57. The average molecular weight is 405 g/mol. The number of esters is 1. The van der Waals surface area contributed by atoms with Crippen LogP contribution in [0.5, 0.6) is 0 Å². The van der Waals surface area contributed by atoms with Crippen LogP contribution in [0.15, 0.2) is 29.3 Å². The maximum absolute atomic E-state index is 12.1. The summed E-state index contributed by atoms with van der Waals surface area (Å²) < 4.78 is 4.92. The Labute approximate surface area is 174 Å². The number of rotatable bonds is 12. The molecule has 0 fully saturated rings. The molecular formula is C22H36N4O3. The molecule has 0 unspecified atom stereocenters. The van der Waals surface area contributed by atoms with E-state index >= 15 is 0 Å². The van der Waals surface area contributed by atoms with Gasteiger partial charge in [-0.1, -0.05) is 25.0 Å². The molecule has 0 heterocycles. The molecule has 0 atom stereocenters. The normalized spacial score (nSPS) is 11.1. The monoisotopic (exact) mass is 404 g/mol. The third kappa shape index (κ3) is 10.5. The second-order valence-corrected chi connectivity index (χ2v) is 7.04. The summed E-state index contributed by atoms with van der Waals surface area (Å²) in [5, 5.41) is 6.61. The Bertz CT molecular complexity index is 659. The number of amides is 1. The van der Waals surface area contributed by atoms with E-state index in [4.69, 9.17) is 4.74 Å². The first-order valence-corrected chi connectivity index (χ1v) is 10.4. The van der Waals surface area contributed by atoms with Crippen molar-refractivity contribution in [2.45, 2.75) is 45.4 Å². The number of nitrogens with one attached hydrogen (secondary N) is 2. The fraction of sp³-hybridized carbons (Fsp3) is 0.591. The zero-order chi connectivity index (χ0) is 21.5. The highest BCUT2D eigenvalue weighted by Crippen LogP contribution is 2.08. The summed E-state index contributed by atoms with van der Waals surface area (Å²) in [4.78, 5) is 29.1. The van der Waals surface area contributed by atoms with Gasteiger partial charge in [0.05, 0.1) is 6.61 Å². The van der Waals surface area contributed by atoms with Crippen molar-refractivity contribution in [2.24, 2.45) is 4.99 Å². The number of hydrogen-bond acceptors (Lipinski definition) is 4. The van der Waals surface area contributed by atoms with Crippen LogP contribution in [0.4, 0.5) is 0 Å². The molecule has 2 N–H and O–H groups in total. The Kier molecular flexibility index (Phi) is 12.2. The Morgan fingerprint density at radius 1 is 1.07 bits per heavy atom. The van der Waals surface area contributed by atoms with Crippen molar-refractivity contribution in [1.29, 1.82) is 0 Å². The minimum atomic E-state index is -0.105. The van der Waals surface area contributed by atoms with Gasteiger partial charge in [0.2, 0.25) is 0 Å². The summed E-state index contributed by atoms with van der Waals surface area (Å²) in [7, 11) is 5.27. The fourth-order valence-corrected chi connectivity index (χ4v) is 2.85. The summed E-state index contributed by atoms with van der Waals surface area (Å²) in [5.41, 5.74) is 1.82. The van der Waals surface area contributed by atoms with E-state index in [0.29, 0.717) is 18.6 Å². The Morgan fingerprint density at radius 2 is 1.79 bits per heavy atom. The molecule has 162 valence electrons. The number of hydrogen-bond donors (Lipinski definition) is 2. The maximum atomic E-state index is 12.1. The number of nitrogens with zero attached hydrogens (tertiary/aromatic N) is 2. The van der Waals surface area contributed by atoms with Crippen LogP contribution < -0.4 is 10.6 Å². The van der Waals surface area contributed by atoms with E-state index in [1.54, 1.807) is 26.0 Å². The second-order valence-electron chi connectivity index (χ2n) is 7.04. The average Bonchev–Trinajstić information content (AvgIpc) is 2.71. The van der Waals surface area contributed by atoms with Gasteiger partial charge in [0.25, 0.3) is 5.91 Å². The number of guanidine groups is 1. The lowest BCUT2D eigenvalue weighted by atomic mass is 10.1. The minimum absolute atomic E-state index is 0.0135. The summed E-state index contributed by atoms with van der Waals surface area (Å²) >= 11 is 0. The van der Waals surface area contributed by atoms with Crippen molar-refractivity contribution in [1.82, 2.24) is 15.5 Å². The van der Waals surface area contributed by atoms with Crippen molar-refractivity contribution < 1.29 is 14.3 Å². The van der Waals surface area contributed by atoms with Crippen LogP contribution in [0, 0.1) is 0 Å². The van der Waals surface area contributed by atoms with E-state index in [1.165, 1.54) is 0 Å². The first-order valence-electron chi connectivity index (χ1n) is 10.4. The van der Waals surface area contributed by atoms with Crippen LogP contribution in [-0.4, -0.2) is 63.6 Å². The van der Waals surface area contributed by atoms with E-state index < -0.39 is 0 Å². The first-order chi connectivity index (χ1) is 14.0. The standard InChI is InChI=1S/C22H36N4O3/c1-5-29-20(27)13-8-6-7-9-15-24-22(23-2)25-16-14-18-11-10-12-19(17-18)21(28)26(3)4/h10-12,17H,5-9,13-16H2,1-4H3,(H2,23,24,25). The van der Waals surface area contributed by atoms with Crippen LogP contribution in [0.3, 0.4) is 0 Å². The van der Waals surface area contributed by atoms with Crippen molar-refractivity contribution in [3.63, 3.8) is 0 Å². The topological polar surface area (TPSA) is 83.0 Å². The number of carbonyl (C=O) groups is 2. The molecule has 0 bridgehead atoms. The van der Waals surface area contributed by atoms with Crippen molar-refractivity contribution in [3.05, 3.63) is 35.4 Å². The van der Waals surface area contributed by atoms with Crippen molar-refractivity contribution >= 4 is 17.8 Å². The highest BCUT2D eigenvalue weighted by molar-refractivity contribution is 5.94. The molecule has 7 nitrogen and oxygen atoms in total. The lowest BCUT2D eigenvalue weighted by Crippen LogP contribution is -2.38. The van der Waals surface area contributed by atoms with Gasteiger partial charge in [0, 0.05) is 46.2 Å². The first kappa shape index (κ1) is 24.5. The molecule has 1 aromatic carbocycles. The number of unbranched alkanes of at least 4 members (excludes halogenated alkanes) is 3. The zero-order valence-electron chi connectivity index (χ0n) is 18.3. The zero-order valence-corrected chi connectivity index (χ0v) is 18.3. The summed E-state index contributed by atoms with van der Waals surface area (Å²) in [6.45, 7) is 3.85. The van der Waals surface area contributed by atoms with Gasteiger partial charge < -0.3 is 20.3 Å². The van der Waals surface area contributed by atoms with Crippen LogP contribution in [-0.2, 0) is 16.0 Å². The quantitative estimate of drug-likeness (QED) is 0.242. The molecular weight excluding hydrogens is 368 g/mol. The van der Waals surface area contributed by atoms with E-state index in [0.717, 1.165) is 56.7 Å². The van der Waals surface area contributed by atoms with E-state index in [1.807, 2.05) is 31.2 Å². The molecule has 0 spiro atoms. The van der Waals surface area contributed by atoms with Gasteiger partial charge in [-0.05, 0) is 43.9 Å². The van der Waals surface area contributed by atoms with Crippen LogP contribution in [0.25, 0.3) is 0 Å². The van der Waals surface area contributed by atoms with Gasteiger partial charge in [-0.3, -0.25) is 14.6 Å². The van der Waals surface area contributed by atoms with Gasteiger partial charge in [0.15, 0.2) is 5.96 Å². The summed E-state index contributed by atoms with van der Waals surface area (Å²) in [6, 6.07) is 7.73. The van der Waals surface area contributed by atoms with Crippen LogP contribution in [0.2, 0.25) is 0 Å². The smallest absolute Gasteiger partial charge is 0.305 e. The minimum Gasteiger partial charge on any atom is -0.466 e. The van der Waals surface area contributed by atoms with E-state index in [-0.39, 0.29) is 11.9 Å². The number of ether oxygens (including phenoxy) is 1. The van der Waals surface area contributed by atoms with E-state index in [9.17, 15) is 9.59 Å². The number of carbonyl (C=O) groups excluding carboxylic acids is 2. The molecule has 0 saturated heterocycles.